The third kappa shape index (κ3) is 4.45. The van der Waals surface area contributed by atoms with Gasteiger partial charge in [-0.3, -0.25) is 4.79 Å². The lowest BCUT2D eigenvalue weighted by Gasteiger charge is -2.06. The molecular weight excluding hydrogens is 268 g/mol. The second-order valence-corrected chi connectivity index (χ2v) is 5.23. The molecule has 2 aromatic rings. The van der Waals surface area contributed by atoms with Crippen LogP contribution < -0.4 is 5.32 Å². The molecule has 0 saturated heterocycles. The average Bonchev–Trinajstić information content (AvgIpc) is 2.46. The molecule has 0 radical (unpaired) electrons. The number of benzene rings is 2. The van der Waals surface area contributed by atoms with Gasteiger partial charge in [-0.25, -0.2) is 0 Å². The summed E-state index contributed by atoms with van der Waals surface area (Å²) in [5.41, 5.74) is 1.74. The molecule has 0 spiro atoms. The lowest BCUT2D eigenvalue weighted by atomic mass is 10.1. The molecule has 2 aromatic carbocycles. The van der Waals surface area contributed by atoms with E-state index in [1.165, 1.54) is 11.8 Å². The molecule has 0 bridgehead atoms. The van der Waals surface area contributed by atoms with Crippen molar-refractivity contribution >= 4 is 23.4 Å². The van der Waals surface area contributed by atoms with Crippen LogP contribution in [0.5, 0.6) is 0 Å². The van der Waals surface area contributed by atoms with Crippen LogP contribution in [0.25, 0.3) is 0 Å². The van der Waals surface area contributed by atoms with Crippen LogP contribution in [-0.4, -0.2) is 11.7 Å². The summed E-state index contributed by atoms with van der Waals surface area (Å²) in [6.07, 6.45) is 0.358. The molecule has 20 heavy (non-hydrogen) atoms. The van der Waals surface area contributed by atoms with E-state index in [1.54, 1.807) is 0 Å². The van der Waals surface area contributed by atoms with E-state index < -0.39 is 0 Å². The fourth-order valence-electron chi connectivity index (χ4n) is 1.77. The standard InChI is InChI=1S/C16H14N2OS/c17-9-10-20-15-8-4-7-14(12-15)18-16(19)11-13-5-2-1-3-6-13/h1-8,12H,10-11H2,(H,18,19). The molecule has 0 aliphatic rings. The Balaban J connectivity index is 1.96. The second kappa shape index (κ2) is 7.37. The van der Waals surface area contributed by atoms with Gasteiger partial charge in [0.25, 0.3) is 0 Å². The number of amides is 1. The molecule has 4 heteroatoms. The first-order chi connectivity index (χ1) is 9.78. The minimum Gasteiger partial charge on any atom is -0.326 e. The number of nitrogens with one attached hydrogen (secondary N) is 1. The van der Waals surface area contributed by atoms with E-state index in [1.807, 2.05) is 54.6 Å². The molecule has 0 saturated carbocycles. The van der Waals surface area contributed by atoms with Gasteiger partial charge in [0.1, 0.15) is 0 Å². The minimum absolute atomic E-state index is 0.0429. The number of rotatable bonds is 5. The number of thioether (sulfide) groups is 1. The minimum atomic E-state index is -0.0429. The number of hydrogen-bond donors (Lipinski definition) is 1. The molecule has 0 aliphatic carbocycles. The fraction of sp³-hybridized carbons (Fsp3) is 0.125. The second-order valence-electron chi connectivity index (χ2n) is 4.19. The van der Waals surface area contributed by atoms with Crippen LogP contribution in [0.2, 0.25) is 0 Å². The van der Waals surface area contributed by atoms with E-state index >= 15 is 0 Å². The SMILES string of the molecule is N#CCSc1cccc(NC(=O)Cc2ccccc2)c1. The Hall–Kier alpha value is -2.25. The number of carbonyl (C=O) groups is 1. The summed E-state index contributed by atoms with van der Waals surface area (Å²) < 4.78 is 0. The molecule has 100 valence electrons. The van der Waals surface area contributed by atoms with Gasteiger partial charge in [0, 0.05) is 10.6 Å². The molecule has 1 amide bonds. The van der Waals surface area contributed by atoms with Gasteiger partial charge in [-0.05, 0) is 23.8 Å². The van der Waals surface area contributed by atoms with Crippen molar-refractivity contribution in [1.29, 1.82) is 5.26 Å². The Morgan fingerprint density at radius 3 is 2.70 bits per heavy atom. The Kier molecular flexibility index (Phi) is 5.22. The van der Waals surface area contributed by atoms with Gasteiger partial charge in [-0.1, -0.05) is 36.4 Å². The largest absolute Gasteiger partial charge is 0.326 e. The average molecular weight is 282 g/mol. The molecule has 0 atom stereocenters. The van der Waals surface area contributed by atoms with Crippen LogP contribution in [0.4, 0.5) is 5.69 Å². The summed E-state index contributed by atoms with van der Waals surface area (Å²) in [5.74, 6) is 0.361. The number of nitrogens with zero attached hydrogens (tertiary/aromatic N) is 1. The predicted molar refractivity (Wildman–Crippen MR) is 81.6 cm³/mol. The van der Waals surface area contributed by atoms with Crippen LogP contribution >= 0.6 is 11.8 Å². The summed E-state index contributed by atoms with van der Waals surface area (Å²) >= 11 is 1.45. The summed E-state index contributed by atoms with van der Waals surface area (Å²) in [6.45, 7) is 0. The first-order valence-corrected chi connectivity index (χ1v) is 7.20. The highest BCUT2D eigenvalue weighted by atomic mass is 32.2. The van der Waals surface area contributed by atoms with Gasteiger partial charge >= 0.3 is 0 Å². The number of anilines is 1. The van der Waals surface area contributed by atoms with Gasteiger partial charge in [-0.2, -0.15) is 5.26 Å². The van der Waals surface area contributed by atoms with E-state index in [0.717, 1.165) is 16.1 Å². The quantitative estimate of drug-likeness (QED) is 0.854. The third-order valence-electron chi connectivity index (χ3n) is 2.63. The summed E-state index contributed by atoms with van der Waals surface area (Å²) in [7, 11) is 0. The van der Waals surface area contributed by atoms with E-state index in [0.29, 0.717) is 12.2 Å². The maximum absolute atomic E-state index is 11.9. The topological polar surface area (TPSA) is 52.9 Å². The van der Waals surface area contributed by atoms with Crippen molar-refractivity contribution in [3.63, 3.8) is 0 Å². The zero-order valence-electron chi connectivity index (χ0n) is 10.9. The molecular formula is C16H14N2OS. The molecule has 0 aliphatic heterocycles. The summed E-state index contributed by atoms with van der Waals surface area (Å²) in [4.78, 5) is 12.9. The molecule has 0 unspecified atom stereocenters. The Bertz CT molecular complexity index is 620. The van der Waals surface area contributed by atoms with Gasteiger partial charge in [0.15, 0.2) is 0 Å². The highest BCUT2D eigenvalue weighted by Gasteiger charge is 2.04. The zero-order valence-corrected chi connectivity index (χ0v) is 11.7. The molecule has 2 rings (SSSR count). The number of carbonyl (C=O) groups excluding carboxylic acids is 1. The van der Waals surface area contributed by atoms with E-state index in [-0.39, 0.29) is 5.91 Å². The van der Waals surface area contributed by atoms with Crippen molar-refractivity contribution in [2.75, 3.05) is 11.1 Å². The van der Waals surface area contributed by atoms with Gasteiger partial charge in [0.05, 0.1) is 18.2 Å². The van der Waals surface area contributed by atoms with Crippen molar-refractivity contribution in [3.8, 4) is 6.07 Å². The predicted octanol–water partition coefficient (Wildman–Crippen LogP) is 3.48. The van der Waals surface area contributed by atoms with Gasteiger partial charge < -0.3 is 5.32 Å². The van der Waals surface area contributed by atoms with Crippen molar-refractivity contribution in [3.05, 3.63) is 60.2 Å². The summed E-state index contributed by atoms with van der Waals surface area (Å²) in [6, 6.07) is 19.2. The van der Waals surface area contributed by atoms with Gasteiger partial charge in [0.2, 0.25) is 5.91 Å². The third-order valence-corrected chi connectivity index (χ3v) is 3.49. The molecule has 0 aromatic heterocycles. The van der Waals surface area contributed by atoms with E-state index in [2.05, 4.69) is 11.4 Å². The highest BCUT2D eigenvalue weighted by Crippen LogP contribution is 2.21. The fourth-order valence-corrected chi connectivity index (χ4v) is 2.38. The van der Waals surface area contributed by atoms with Crippen molar-refractivity contribution in [2.24, 2.45) is 0 Å². The zero-order chi connectivity index (χ0) is 14.2. The van der Waals surface area contributed by atoms with Crippen LogP contribution in [-0.2, 0) is 11.2 Å². The Labute approximate surface area is 122 Å². The molecule has 1 N–H and O–H groups in total. The molecule has 3 nitrogen and oxygen atoms in total. The highest BCUT2D eigenvalue weighted by molar-refractivity contribution is 7.99. The molecule has 0 fully saturated rings. The van der Waals surface area contributed by atoms with E-state index in [4.69, 9.17) is 5.26 Å². The van der Waals surface area contributed by atoms with Crippen LogP contribution in [0.15, 0.2) is 59.5 Å². The van der Waals surface area contributed by atoms with Crippen LogP contribution in [0.1, 0.15) is 5.56 Å². The number of nitriles is 1. The first kappa shape index (κ1) is 14.2. The lowest BCUT2D eigenvalue weighted by Crippen LogP contribution is -2.14. The van der Waals surface area contributed by atoms with Crippen molar-refractivity contribution in [2.45, 2.75) is 11.3 Å². The van der Waals surface area contributed by atoms with Gasteiger partial charge in [-0.15, -0.1) is 11.8 Å². The van der Waals surface area contributed by atoms with Crippen LogP contribution in [0, 0.1) is 11.3 Å². The maximum Gasteiger partial charge on any atom is 0.228 e. The first-order valence-electron chi connectivity index (χ1n) is 6.21. The monoisotopic (exact) mass is 282 g/mol. The van der Waals surface area contributed by atoms with Crippen molar-refractivity contribution in [1.82, 2.24) is 0 Å². The van der Waals surface area contributed by atoms with Crippen LogP contribution in [0.3, 0.4) is 0 Å². The smallest absolute Gasteiger partial charge is 0.228 e. The van der Waals surface area contributed by atoms with Crippen molar-refractivity contribution < 1.29 is 4.79 Å². The Morgan fingerprint density at radius 1 is 1.15 bits per heavy atom. The lowest BCUT2D eigenvalue weighted by molar-refractivity contribution is -0.115. The summed E-state index contributed by atoms with van der Waals surface area (Å²) in [5, 5.41) is 11.4. The Morgan fingerprint density at radius 2 is 1.95 bits per heavy atom. The molecule has 0 heterocycles. The normalized spacial score (nSPS) is 9.75. The number of hydrogen-bond acceptors (Lipinski definition) is 3. The maximum atomic E-state index is 11.9. The van der Waals surface area contributed by atoms with E-state index in [9.17, 15) is 4.79 Å².